The van der Waals surface area contributed by atoms with E-state index in [1.807, 2.05) is 25.1 Å². The second-order valence-electron chi connectivity index (χ2n) is 4.23. The summed E-state index contributed by atoms with van der Waals surface area (Å²) in [7, 11) is 0. The Morgan fingerprint density at radius 3 is 2.78 bits per heavy atom. The lowest BCUT2D eigenvalue weighted by molar-refractivity contribution is 0.381. The van der Waals surface area contributed by atoms with Crippen LogP contribution >= 0.6 is 0 Å². The molecular formula is C14H11FN2O. The minimum Gasteiger partial charge on any atom is -0.431 e. The van der Waals surface area contributed by atoms with Crippen molar-refractivity contribution in [3.05, 3.63) is 48.1 Å². The summed E-state index contributed by atoms with van der Waals surface area (Å²) in [5.74, 6) is 0.479. The first kappa shape index (κ1) is 10.8. The third kappa shape index (κ3) is 1.72. The molecule has 0 unspecified atom stereocenters. The Hall–Kier alpha value is -2.36. The molecule has 0 aliphatic rings. The lowest BCUT2D eigenvalue weighted by atomic mass is 10.0. The molecule has 0 aliphatic carbocycles. The molecule has 4 heteroatoms. The molecular weight excluding hydrogens is 231 g/mol. The zero-order valence-electron chi connectivity index (χ0n) is 9.77. The van der Waals surface area contributed by atoms with Crippen molar-refractivity contribution in [2.24, 2.45) is 0 Å². The van der Waals surface area contributed by atoms with Crippen LogP contribution in [0.15, 0.2) is 40.9 Å². The summed E-state index contributed by atoms with van der Waals surface area (Å²) in [6.07, 6.45) is 1.71. The van der Waals surface area contributed by atoms with Crippen LogP contribution in [0.5, 0.6) is 0 Å². The molecule has 0 radical (unpaired) electrons. The molecule has 3 nitrogen and oxygen atoms in total. The number of furan rings is 1. The Morgan fingerprint density at radius 1 is 1.22 bits per heavy atom. The van der Waals surface area contributed by atoms with Gasteiger partial charge in [-0.15, -0.1) is 0 Å². The molecule has 0 fully saturated rings. The maximum absolute atomic E-state index is 13.0. The van der Waals surface area contributed by atoms with Gasteiger partial charge in [0.05, 0.1) is 0 Å². The fourth-order valence-corrected chi connectivity index (χ4v) is 2.03. The van der Waals surface area contributed by atoms with Gasteiger partial charge < -0.3 is 10.2 Å². The van der Waals surface area contributed by atoms with E-state index in [9.17, 15) is 4.39 Å². The molecule has 1 aromatic carbocycles. The van der Waals surface area contributed by atoms with Gasteiger partial charge in [0.1, 0.15) is 11.4 Å². The van der Waals surface area contributed by atoms with Crippen molar-refractivity contribution in [3.8, 4) is 11.1 Å². The maximum atomic E-state index is 13.0. The average molecular weight is 242 g/mol. The van der Waals surface area contributed by atoms with Crippen molar-refractivity contribution < 1.29 is 8.81 Å². The summed E-state index contributed by atoms with van der Waals surface area (Å²) in [6, 6.07) is 8.16. The summed E-state index contributed by atoms with van der Waals surface area (Å²) < 4.78 is 18.0. The normalized spacial score (nSPS) is 11.0. The van der Waals surface area contributed by atoms with Gasteiger partial charge in [0.2, 0.25) is 0 Å². The van der Waals surface area contributed by atoms with Gasteiger partial charge in [-0.05, 0) is 42.3 Å². The van der Waals surface area contributed by atoms with E-state index < -0.39 is 6.01 Å². The number of nitrogens with two attached hydrogens (primary N) is 1. The van der Waals surface area contributed by atoms with Gasteiger partial charge in [0.15, 0.2) is 0 Å². The van der Waals surface area contributed by atoms with E-state index >= 15 is 0 Å². The van der Waals surface area contributed by atoms with Crippen LogP contribution in [0.4, 0.5) is 10.2 Å². The number of aryl methyl sites for hydroxylation is 1. The fraction of sp³-hybridized carbons (Fsp3) is 0.0714. The van der Waals surface area contributed by atoms with Gasteiger partial charge in [0, 0.05) is 23.2 Å². The summed E-state index contributed by atoms with van der Waals surface area (Å²) in [6.45, 7) is 1.95. The minimum atomic E-state index is -0.572. The van der Waals surface area contributed by atoms with Crippen LogP contribution in [0.1, 0.15) is 5.56 Å². The molecule has 2 aromatic heterocycles. The number of halogens is 1. The van der Waals surface area contributed by atoms with Gasteiger partial charge in [-0.3, -0.25) is 0 Å². The zero-order valence-corrected chi connectivity index (χ0v) is 9.77. The first-order valence-corrected chi connectivity index (χ1v) is 5.55. The fourth-order valence-electron chi connectivity index (χ4n) is 2.03. The Morgan fingerprint density at radius 2 is 2.06 bits per heavy atom. The predicted octanol–water partition coefficient (Wildman–Crippen LogP) is 3.52. The van der Waals surface area contributed by atoms with Crippen LogP contribution in [0.3, 0.4) is 0 Å². The largest absolute Gasteiger partial charge is 0.431 e. The number of rotatable bonds is 1. The highest BCUT2D eigenvalue weighted by atomic mass is 19.1. The summed E-state index contributed by atoms with van der Waals surface area (Å²) in [4.78, 5) is 4.06. The van der Waals surface area contributed by atoms with Crippen LogP contribution in [-0.4, -0.2) is 4.98 Å². The Kier molecular flexibility index (Phi) is 2.30. The van der Waals surface area contributed by atoms with Crippen LogP contribution in [0.25, 0.3) is 22.1 Å². The molecule has 0 bridgehead atoms. The minimum absolute atomic E-state index is 0.479. The van der Waals surface area contributed by atoms with E-state index in [1.165, 1.54) is 6.07 Å². The molecule has 0 saturated carbocycles. The highest BCUT2D eigenvalue weighted by molar-refractivity contribution is 5.85. The van der Waals surface area contributed by atoms with E-state index in [1.54, 1.807) is 12.3 Å². The Balaban J connectivity index is 2.21. The van der Waals surface area contributed by atoms with Crippen LogP contribution < -0.4 is 5.73 Å². The number of benzene rings is 1. The molecule has 0 aliphatic heterocycles. The van der Waals surface area contributed by atoms with Crippen molar-refractivity contribution in [3.63, 3.8) is 0 Å². The maximum Gasteiger partial charge on any atom is 0.278 e. The van der Waals surface area contributed by atoms with E-state index in [-0.39, 0.29) is 0 Å². The molecule has 3 aromatic rings. The van der Waals surface area contributed by atoms with Crippen molar-refractivity contribution in [1.82, 2.24) is 4.98 Å². The second kappa shape index (κ2) is 3.84. The number of pyridine rings is 1. The number of aromatic nitrogens is 1. The zero-order chi connectivity index (χ0) is 12.7. The standard InChI is InChI=1S/C14H11FN2O/c1-8-4-12-10(6-13(15)18-12)5-11(8)9-2-3-14(16)17-7-9/h2-7H,1H3,(H2,16,17). The molecule has 0 atom stereocenters. The molecule has 90 valence electrons. The van der Waals surface area contributed by atoms with E-state index in [2.05, 4.69) is 4.98 Å². The average Bonchev–Trinajstić information content (AvgIpc) is 2.68. The van der Waals surface area contributed by atoms with E-state index in [0.717, 1.165) is 22.1 Å². The van der Waals surface area contributed by atoms with Crippen LogP contribution in [-0.2, 0) is 0 Å². The molecule has 3 rings (SSSR count). The van der Waals surface area contributed by atoms with Gasteiger partial charge >= 0.3 is 0 Å². The smallest absolute Gasteiger partial charge is 0.278 e. The number of nitrogens with zero attached hydrogens (tertiary/aromatic N) is 1. The van der Waals surface area contributed by atoms with Gasteiger partial charge in [-0.25, -0.2) is 4.98 Å². The lowest BCUT2D eigenvalue weighted by Gasteiger charge is -2.06. The van der Waals surface area contributed by atoms with Gasteiger partial charge in [-0.2, -0.15) is 4.39 Å². The number of hydrogen-bond acceptors (Lipinski definition) is 3. The third-order valence-corrected chi connectivity index (χ3v) is 2.93. The molecule has 0 amide bonds. The van der Waals surface area contributed by atoms with Gasteiger partial charge in [0.25, 0.3) is 6.01 Å². The summed E-state index contributed by atoms with van der Waals surface area (Å²) in [5.41, 5.74) is 9.06. The monoisotopic (exact) mass is 242 g/mol. The van der Waals surface area contributed by atoms with E-state index in [0.29, 0.717) is 11.4 Å². The molecule has 18 heavy (non-hydrogen) atoms. The SMILES string of the molecule is Cc1cc2oc(F)cc2cc1-c1ccc(N)nc1. The number of fused-ring (bicyclic) bond motifs is 1. The first-order chi connectivity index (χ1) is 8.63. The quantitative estimate of drug-likeness (QED) is 0.710. The molecule has 0 spiro atoms. The number of anilines is 1. The third-order valence-electron chi connectivity index (χ3n) is 2.93. The second-order valence-corrected chi connectivity index (χ2v) is 4.23. The van der Waals surface area contributed by atoms with Crippen molar-refractivity contribution in [2.45, 2.75) is 6.92 Å². The summed E-state index contributed by atoms with van der Waals surface area (Å²) in [5, 5.41) is 0.741. The molecule has 0 saturated heterocycles. The predicted molar refractivity (Wildman–Crippen MR) is 68.6 cm³/mol. The van der Waals surface area contributed by atoms with Crippen molar-refractivity contribution >= 4 is 16.8 Å². The highest BCUT2D eigenvalue weighted by Crippen LogP contribution is 2.29. The first-order valence-electron chi connectivity index (χ1n) is 5.55. The van der Waals surface area contributed by atoms with Gasteiger partial charge in [-0.1, -0.05) is 0 Å². The highest BCUT2D eigenvalue weighted by Gasteiger charge is 2.08. The molecule has 2 heterocycles. The van der Waals surface area contributed by atoms with Crippen molar-refractivity contribution in [1.29, 1.82) is 0 Å². The van der Waals surface area contributed by atoms with Crippen molar-refractivity contribution in [2.75, 3.05) is 5.73 Å². The Bertz CT molecular complexity index is 716. The topological polar surface area (TPSA) is 52.0 Å². The number of hydrogen-bond donors (Lipinski definition) is 1. The van der Waals surface area contributed by atoms with Crippen LogP contribution in [0, 0.1) is 12.9 Å². The molecule has 2 N–H and O–H groups in total. The van der Waals surface area contributed by atoms with E-state index in [4.69, 9.17) is 10.2 Å². The summed E-state index contributed by atoms with van der Waals surface area (Å²) >= 11 is 0. The van der Waals surface area contributed by atoms with Crippen LogP contribution in [0.2, 0.25) is 0 Å². The number of nitrogen functional groups attached to an aromatic ring is 1. The lowest BCUT2D eigenvalue weighted by Crippen LogP contribution is -1.90. The Labute approximate surface area is 103 Å².